The van der Waals surface area contributed by atoms with Gasteiger partial charge >= 0.3 is 0 Å². The van der Waals surface area contributed by atoms with Crippen molar-refractivity contribution >= 4 is 50.1 Å². The summed E-state index contributed by atoms with van der Waals surface area (Å²) in [6.07, 6.45) is 0. The van der Waals surface area contributed by atoms with Gasteiger partial charge in [0.05, 0.1) is 17.8 Å². The van der Waals surface area contributed by atoms with Gasteiger partial charge in [0.2, 0.25) is 5.91 Å². The number of hydrogen-bond acceptors (Lipinski definition) is 6. The minimum Gasteiger partial charge on any atom is -0.492 e. The molecule has 4 aromatic rings. The number of fused-ring (bicyclic) bond motifs is 3. The van der Waals surface area contributed by atoms with Gasteiger partial charge in [-0.15, -0.1) is 5.10 Å². The number of likely N-dealkylation sites (N-methyl/N-ethyl adjacent to an activating group) is 1. The lowest BCUT2D eigenvalue weighted by Gasteiger charge is -2.17. The predicted molar refractivity (Wildman–Crippen MR) is 121 cm³/mol. The highest BCUT2D eigenvalue weighted by molar-refractivity contribution is 9.10. The molecule has 4 rings (SSSR count). The molecule has 0 spiro atoms. The van der Waals surface area contributed by atoms with Crippen LogP contribution in [0.15, 0.2) is 58.2 Å². The highest BCUT2D eigenvalue weighted by atomic mass is 79.9. The molecule has 154 valence electrons. The number of para-hydroxylation sites is 1. The summed E-state index contributed by atoms with van der Waals surface area (Å²) in [6, 6.07) is 15.4. The summed E-state index contributed by atoms with van der Waals surface area (Å²) < 4.78 is 8.41. The summed E-state index contributed by atoms with van der Waals surface area (Å²) in [6.45, 7) is 2.77. The maximum Gasteiger partial charge on any atom is 0.232 e. The number of amides is 1. The molecule has 2 aromatic heterocycles. The van der Waals surface area contributed by atoms with Crippen molar-refractivity contribution in [2.75, 3.05) is 26.0 Å². The Morgan fingerprint density at radius 1 is 1.17 bits per heavy atom. The molecule has 0 atom stereocenters. The third-order valence-electron chi connectivity index (χ3n) is 4.51. The molecule has 0 radical (unpaired) electrons. The molecule has 0 fully saturated rings. The van der Waals surface area contributed by atoms with Crippen LogP contribution >= 0.6 is 27.7 Å². The van der Waals surface area contributed by atoms with Gasteiger partial charge in [0.1, 0.15) is 18.2 Å². The molecule has 0 saturated carbocycles. The fourth-order valence-corrected chi connectivity index (χ4v) is 4.07. The quantitative estimate of drug-likeness (QED) is 0.291. The second kappa shape index (κ2) is 9.01. The van der Waals surface area contributed by atoms with Crippen molar-refractivity contribution in [3.05, 3.63) is 58.8 Å². The molecule has 30 heavy (non-hydrogen) atoms. The Labute approximate surface area is 186 Å². The monoisotopic (exact) mass is 485 g/mol. The average Bonchev–Trinajstić information content (AvgIpc) is 3.15. The Hall–Kier alpha value is -2.65. The number of carbonyl (C=O) groups excluding carboxylic acids is 1. The lowest BCUT2D eigenvalue weighted by atomic mass is 10.2. The van der Waals surface area contributed by atoms with Crippen LogP contribution in [0, 0.1) is 6.92 Å². The van der Waals surface area contributed by atoms with Crippen LogP contribution in [0.4, 0.5) is 0 Å². The minimum absolute atomic E-state index is 0.000600. The molecule has 0 bridgehead atoms. The van der Waals surface area contributed by atoms with Crippen molar-refractivity contribution in [1.29, 1.82) is 0 Å². The number of hydrogen-bond donors (Lipinski definition) is 0. The van der Waals surface area contributed by atoms with Crippen LogP contribution in [0.2, 0.25) is 0 Å². The second-order valence-corrected chi connectivity index (χ2v) is 8.57. The first-order valence-corrected chi connectivity index (χ1v) is 11.2. The standard InChI is InChI=1S/C21H20BrN5O2S/c1-14-23-20-17-5-3-4-6-18(17)24-21(27(20)25-14)30-13-19(28)26(2)11-12-29-16-9-7-15(22)8-10-16/h3-10H,11-13H2,1-2H3. The Bertz CT molecular complexity index is 1200. The lowest BCUT2D eigenvalue weighted by Crippen LogP contribution is -2.32. The van der Waals surface area contributed by atoms with Crippen molar-refractivity contribution in [1.82, 2.24) is 24.5 Å². The zero-order valence-corrected chi connectivity index (χ0v) is 19.0. The zero-order valence-electron chi connectivity index (χ0n) is 16.6. The summed E-state index contributed by atoms with van der Waals surface area (Å²) >= 11 is 4.75. The number of ether oxygens (including phenoxy) is 1. The fourth-order valence-electron chi connectivity index (χ4n) is 2.92. The first-order chi connectivity index (χ1) is 14.5. The zero-order chi connectivity index (χ0) is 21.1. The van der Waals surface area contributed by atoms with Crippen molar-refractivity contribution in [3.63, 3.8) is 0 Å². The molecule has 2 heterocycles. The van der Waals surface area contributed by atoms with Gasteiger partial charge in [-0.1, -0.05) is 39.8 Å². The largest absolute Gasteiger partial charge is 0.492 e. The number of aryl methyl sites for hydroxylation is 1. The van der Waals surface area contributed by atoms with Crippen molar-refractivity contribution < 1.29 is 9.53 Å². The van der Waals surface area contributed by atoms with Crippen LogP contribution in [0.3, 0.4) is 0 Å². The smallest absolute Gasteiger partial charge is 0.232 e. The number of halogens is 1. The molecule has 0 saturated heterocycles. The van der Waals surface area contributed by atoms with Gasteiger partial charge in [0.15, 0.2) is 10.8 Å². The van der Waals surface area contributed by atoms with Crippen LogP contribution in [-0.4, -0.2) is 56.3 Å². The van der Waals surface area contributed by atoms with Crippen molar-refractivity contribution in [3.8, 4) is 5.75 Å². The highest BCUT2D eigenvalue weighted by Crippen LogP contribution is 2.24. The van der Waals surface area contributed by atoms with Gasteiger partial charge in [-0.25, -0.2) is 9.97 Å². The molecular formula is C21H20BrN5O2S. The fraction of sp³-hybridized carbons (Fsp3) is 0.238. The predicted octanol–water partition coefficient (Wildman–Crippen LogP) is 3.98. The minimum atomic E-state index is -0.000600. The van der Waals surface area contributed by atoms with E-state index in [0.717, 1.165) is 26.8 Å². The number of rotatable bonds is 7. The van der Waals surface area contributed by atoms with Crippen molar-refractivity contribution in [2.24, 2.45) is 0 Å². The molecule has 0 aliphatic carbocycles. The SMILES string of the molecule is Cc1nc2c3ccccc3nc(SCC(=O)N(C)CCOc3ccc(Br)cc3)n2n1. The molecule has 7 nitrogen and oxygen atoms in total. The number of carbonyl (C=O) groups is 1. The number of nitrogens with zero attached hydrogens (tertiary/aromatic N) is 5. The molecule has 0 unspecified atom stereocenters. The van der Waals surface area contributed by atoms with Gasteiger partial charge < -0.3 is 9.64 Å². The Kier molecular flexibility index (Phi) is 6.19. The number of thioether (sulfide) groups is 1. The first kappa shape index (κ1) is 20.6. The van der Waals surface area contributed by atoms with E-state index in [9.17, 15) is 4.79 Å². The van der Waals surface area contributed by atoms with Crippen LogP contribution in [0.5, 0.6) is 5.75 Å². The molecular weight excluding hydrogens is 466 g/mol. The average molecular weight is 486 g/mol. The van der Waals surface area contributed by atoms with E-state index in [0.29, 0.717) is 24.1 Å². The lowest BCUT2D eigenvalue weighted by molar-refractivity contribution is -0.127. The summed E-state index contributed by atoms with van der Waals surface area (Å²) in [4.78, 5) is 23.4. The molecule has 0 aliphatic rings. The maximum absolute atomic E-state index is 12.6. The molecule has 1 amide bonds. The van der Waals surface area contributed by atoms with Crippen LogP contribution in [0.25, 0.3) is 16.6 Å². The van der Waals surface area contributed by atoms with Gasteiger partial charge in [-0.05, 0) is 43.3 Å². The Morgan fingerprint density at radius 3 is 2.73 bits per heavy atom. The second-order valence-electron chi connectivity index (χ2n) is 6.71. The Morgan fingerprint density at radius 2 is 1.93 bits per heavy atom. The summed E-state index contributed by atoms with van der Waals surface area (Å²) in [7, 11) is 1.77. The van der Waals surface area contributed by atoms with Gasteiger partial charge in [-0.2, -0.15) is 4.52 Å². The molecule has 0 aliphatic heterocycles. The molecule has 2 aromatic carbocycles. The summed E-state index contributed by atoms with van der Waals surface area (Å²) in [5, 5.41) is 6.04. The van der Waals surface area contributed by atoms with E-state index in [4.69, 9.17) is 4.74 Å². The van der Waals surface area contributed by atoms with Gasteiger partial charge in [0.25, 0.3) is 0 Å². The van der Waals surface area contributed by atoms with Crippen molar-refractivity contribution in [2.45, 2.75) is 12.1 Å². The van der Waals surface area contributed by atoms with E-state index in [-0.39, 0.29) is 11.7 Å². The number of benzene rings is 2. The van der Waals surface area contributed by atoms with Gasteiger partial charge in [-0.3, -0.25) is 4.79 Å². The highest BCUT2D eigenvalue weighted by Gasteiger charge is 2.15. The maximum atomic E-state index is 12.6. The van der Waals surface area contributed by atoms with E-state index < -0.39 is 0 Å². The first-order valence-electron chi connectivity index (χ1n) is 9.38. The van der Waals surface area contributed by atoms with Crippen LogP contribution in [-0.2, 0) is 4.79 Å². The van der Waals surface area contributed by atoms with Gasteiger partial charge in [0, 0.05) is 16.9 Å². The molecule has 9 heteroatoms. The summed E-state index contributed by atoms with van der Waals surface area (Å²) in [5.41, 5.74) is 1.59. The van der Waals surface area contributed by atoms with Crippen LogP contribution < -0.4 is 4.74 Å². The van der Waals surface area contributed by atoms with E-state index in [1.54, 1.807) is 16.5 Å². The van der Waals surface area contributed by atoms with Crippen LogP contribution in [0.1, 0.15) is 5.82 Å². The van der Waals surface area contributed by atoms with E-state index >= 15 is 0 Å². The Balaban J connectivity index is 1.39. The summed E-state index contributed by atoms with van der Waals surface area (Å²) in [5.74, 6) is 1.70. The van der Waals surface area contributed by atoms with E-state index in [2.05, 4.69) is 31.0 Å². The molecule has 0 N–H and O–H groups in total. The third-order valence-corrected chi connectivity index (χ3v) is 5.96. The van der Waals surface area contributed by atoms with E-state index in [1.165, 1.54) is 11.8 Å². The normalized spacial score (nSPS) is 11.2. The number of aromatic nitrogens is 4. The third kappa shape index (κ3) is 4.57. The van der Waals surface area contributed by atoms with E-state index in [1.807, 2.05) is 55.5 Å². The topological polar surface area (TPSA) is 72.6 Å².